The minimum absolute atomic E-state index is 0. The maximum absolute atomic E-state index is 11.8. The summed E-state index contributed by atoms with van der Waals surface area (Å²) in [5, 5.41) is 2.97. The van der Waals surface area contributed by atoms with Crippen molar-refractivity contribution in [3.63, 3.8) is 0 Å². The number of nitrogens with two attached hydrogens (primary N) is 1. The quantitative estimate of drug-likeness (QED) is 0.790. The van der Waals surface area contributed by atoms with Crippen LogP contribution in [0.25, 0.3) is 0 Å². The van der Waals surface area contributed by atoms with Gasteiger partial charge in [-0.05, 0) is 19.8 Å². The molecule has 1 heterocycles. The van der Waals surface area contributed by atoms with Crippen molar-refractivity contribution in [3.05, 3.63) is 0 Å². The van der Waals surface area contributed by atoms with Gasteiger partial charge in [0.25, 0.3) is 0 Å². The highest BCUT2D eigenvalue weighted by Crippen LogP contribution is 2.11. The van der Waals surface area contributed by atoms with E-state index in [0.717, 1.165) is 19.4 Å². The van der Waals surface area contributed by atoms with Gasteiger partial charge in [0, 0.05) is 25.0 Å². The van der Waals surface area contributed by atoms with Crippen molar-refractivity contribution >= 4 is 24.2 Å². The highest BCUT2D eigenvalue weighted by atomic mass is 35.5. The van der Waals surface area contributed by atoms with Crippen LogP contribution in [0.5, 0.6) is 0 Å². The summed E-state index contributed by atoms with van der Waals surface area (Å²) in [5.41, 5.74) is 5.58. The predicted octanol–water partition coefficient (Wildman–Crippen LogP) is 0.519. The van der Waals surface area contributed by atoms with Gasteiger partial charge < -0.3 is 16.0 Å². The van der Waals surface area contributed by atoms with Gasteiger partial charge in [0.1, 0.15) is 0 Å². The van der Waals surface area contributed by atoms with Gasteiger partial charge in [0.15, 0.2) is 0 Å². The lowest BCUT2D eigenvalue weighted by atomic mass is 10.0. The molecule has 1 unspecified atom stereocenters. The van der Waals surface area contributed by atoms with Crippen molar-refractivity contribution < 1.29 is 9.59 Å². The molecular weight excluding hydrogens is 254 g/mol. The first-order chi connectivity index (χ1) is 7.91. The van der Waals surface area contributed by atoms with Gasteiger partial charge in [-0.3, -0.25) is 9.59 Å². The molecule has 0 aromatic heterocycles. The monoisotopic (exact) mass is 277 g/mol. The molecule has 106 valence electrons. The van der Waals surface area contributed by atoms with E-state index in [1.807, 2.05) is 13.8 Å². The summed E-state index contributed by atoms with van der Waals surface area (Å²) in [4.78, 5) is 25.1. The number of halogens is 1. The number of carbonyl (C=O) groups is 2. The van der Waals surface area contributed by atoms with Crippen LogP contribution in [0.15, 0.2) is 0 Å². The zero-order chi connectivity index (χ0) is 13.0. The fourth-order valence-corrected chi connectivity index (χ4v) is 1.95. The Hall–Kier alpha value is -0.810. The van der Waals surface area contributed by atoms with Gasteiger partial charge in [0.2, 0.25) is 11.8 Å². The number of rotatable bonds is 3. The van der Waals surface area contributed by atoms with Crippen molar-refractivity contribution in [2.24, 2.45) is 11.7 Å². The molecule has 0 radical (unpaired) electrons. The SMILES string of the molecule is CC(C)C(=O)NC1CCCN(C(=O)[C@@H](C)N)C1.Cl. The Balaban J connectivity index is 0.00000289. The molecule has 1 fully saturated rings. The fourth-order valence-electron chi connectivity index (χ4n) is 1.95. The van der Waals surface area contributed by atoms with E-state index >= 15 is 0 Å². The average Bonchev–Trinajstić information content (AvgIpc) is 2.28. The van der Waals surface area contributed by atoms with Crippen LogP contribution in [0.3, 0.4) is 0 Å². The molecule has 1 saturated heterocycles. The van der Waals surface area contributed by atoms with Crippen molar-refractivity contribution in [3.8, 4) is 0 Å². The maximum atomic E-state index is 11.8. The van der Waals surface area contributed by atoms with Crippen LogP contribution in [0.4, 0.5) is 0 Å². The van der Waals surface area contributed by atoms with Crippen LogP contribution in [0, 0.1) is 5.92 Å². The summed E-state index contributed by atoms with van der Waals surface area (Å²) in [6, 6.07) is -0.393. The molecule has 3 N–H and O–H groups in total. The first-order valence-electron chi connectivity index (χ1n) is 6.26. The highest BCUT2D eigenvalue weighted by molar-refractivity contribution is 5.85. The number of piperidine rings is 1. The predicted molar refractivity (Wildman–Crippen MR) is 73.5 cm³/mol. The summed E-state index contributed by atoms with van der Waals surface area (Å²) in [5.74, 6) is -0.00639. The fraction of sp³-hybridized carbons (Fsp3) is 0.833. The number of carbonyl (C=O) groups excluding carboxylic acids is 2. The van der Waals surface area contributed by atoms with Gasteiger partial charge in [0.05, 0.1) is 6.04 Å². The number of nitrogens with one attached hydrogen (secondary N) is 1. The number of nitrogens with zero attached hydrogens (tertiary/aromatic N) is 1. The minimum Gasteiger partial charge on any atom is -0.351 e. The van der Waals surface area contributed by atoms with Crippen LogP contribution in [0.1, 0.15) is 33.6 Å². The molecule has 5 nitrogen and oxygen atoms in total. The summed E-state index contributed by atoms with van der Waals surface area (Å²) >= 11 is 0. The van der Waals surface area contributed by atoms with Crippen LogP contribution in [0.2, 0.25) is 0 Å². The van der Waals surface area contributed by atoms with Gasteiger partial charge in [-0.15, -0.1) is 12.4 Å². The second-order valence-corrected chi connectivity index (χ2v) is 5.08. The summed E-state index contributed by atoms with van der Waals surface area (Å²) in [6.45, 7) is 6.75. The molecule has 0 spiro atoms. The van der Waals surface area contributed by atoms with Crippen molar-refractivity contribution in [2.45, 2.75) is 45.7 Å². The van der Waals surface area contributed by atoms with Gasteiger partial charge in [-0.25, -0.2) is 0 Å². The number of likely N-dealkylation sites (tertiary alicyclic amines) is 1. The smallest absolute Gasteiger partial charge is 0.239 e. The second kappa shape index (κ2) is 7.59. The third-order valence-corrected chi connectivity index (χ3v) is 2.99. The second-order valence-electron chi connectivity index (χ2n) is 5.08. The summed E-state index contributed by atoms with van der Waals surface area (Å²) in [6.07, 6.45) is 1.85. The Morgan fingerprint density at radius 1 is 1.33 bits per heavy atom. The minimum atomic E-state index is -0.463. The Labute approximate surface area is 115 Å². The molecular formula is C12H24ClN3O2. The van der Waals surface area contributed by atoms with E-state index in [1.54, 1.807) is 11.8 Å². The normalized spacial score (nSPS) is 21.2. The molecule has 0 saturated carbocycles. The molecule has 0 bridgehead atoms. The number of amides is 2. The molecule has 0 aromatic carbocycles. The van der Waals surface area contributed by atoms with Crippen LogP contribution in [-0.4, -0.2) is 41.9 Å². The molecule has 2 amide bonds. The lowest BCUT2D eigenvalue weighted by Gasteiger charge is -2.34. The molecule has 0 aliphatic carbocycles. The summed E-state index contributed by atoms with van der Waals surface area (Å²) in [7, 11) is 0. The first kappa shape index (κ1) is 17.2. The Kier molecular flexibility index (Phi) is 7.25. The lowest BCUT2D eigenvalue weighted by molar-refractivity contribution is -0.134. The molecule has 6 heteroatoms. The van der Waals surface area contributed by atoms with Crippen molar-refractivity contribution in [1.29, 1.82) is 0 Å². The van der Waals surface area contributed by atoms with Gasteiger partial charge in [-0.1, -0.05) is 13.8 Å². The molecule has 1 aliphatic rings. The van der Waals surface area contributed by atoms with E-state index in [4.69, 9.17) is 5.73 Å². The van der Waals surface area contributed by atoms with Crippen LogP contribution in [-0.2, 0) is 9.59 Å². The topological polar surface area (TPSA) is 75.4 Å². The molecule has 1 rings (SSSR count). The van der Waals surface area contributed by atoms with E-state index in [0.29, 0.717) is 6.54 Å². The zero-order valence-corrected chi connectivity index (χ0v) is 12.1. The van der Waals surface area contributed by atoms with Crippen LogP contribution < -0.4 is 11.1 Å². The Morgan fingerprint density at radius 3 is 2.44 bits per heavy atom. The number of hydrogen-bond donors (Lipinski definition) is 2. The van der Waals surface area contributed by atoms with E-state index < -0.39 is 6.04 Å². The van der Waals surface area contributed by atoms with E-state index in [-0.39, 0.29) is 36.2 Å². The van der Waals surface area contributed by atoms with Gasteiger partial charge in [-0.2, -0.15) is 0 Å². The highest BCUT2D eigenvalue weighted by Gasteiger charge is 2.26. The number of hydrogen-bond acceptors (Lipinski definition) is 3. The molecule has 2 atom stereocenters. The third kappa shape index (κ3) is 4.82. The lowest BCUT2D eigenvalue weighted by Crippen LogP contribution is -2.53. The third-order valence-electron chi connectivity index (χ3n) is 2.99. The van der Waals surface area contributed by atoms with Crippen molar-refractivity contribution in [1.82, 2.24) is 10.2 Å². The maximum Gasteiger partial charge on any atom is 0.239 e. The van der Waals surface area contributed by atoms with E-state index in [1.165, 1.54) is 0 Å². The Morgan fingerprint density at radius 2 is 1.94 bits per heavy atom. The average molecular weight is 278 g/mol. The van der Waals surface area contributed by atoms with Crippen molar-refractivity contribution in [2.75, 3.05) is 13.1 Å². The Bertz CT molecular complexity index is 295. The standard InChI is InChI=1S/C12H23N3O2.ClH/c1-8(2)11(16)14-10-5-4-6-15(7-10)12(17)9(3)13;/h8-10H,4-7,13H2,1-3H3,(H,14,16);1H/t9-,10?;/m1./s1. The van der Waals surface area contributed by atoms with Crippen LogP contribution >= 0.6 is 12.4 Å². The zero-order valence-electron chi connectivity index (χ0n) is 11.3. The van der Waals surface area contributed by atoms with Gasteiger partial charge >= 0.3 is 0 Å². The molecule has 18 heavy (non-hydrogen) atoms. The largest absolute Gasteiger partial charge is 0.351 e. The van der Waals surface area contributed by atoms with E-state index in [2.05, 4.69) is 5.32 Å². The first-order valence-corrected chi connectivity index (χ1v) is 6.26. The summed E-state index contributed by atoms with van der Waals surface area (Å²) < 4.78 is 0. The molecule has 1 aliphatic heterocycles. The van der Waals surface area contributed by atoms with E-state index in [9.17, 15) is 9.59 Å². The molecule has 0 aromatic rings.